The SMILES string of the molecule is C[C@]1(CO)CCC2=C1CC[C@H]1[C@H]2CC[C@@H]2C(Cl)[C@H](O)CC[C@@]21C. The lowest BCUT2D eigenvalue weighted by Gasteiger charge is -2.58. The Kier molecular flexibility index (Phi) is 3.91. The van der Waals surface area contributed by atoms with E-state index in [1.165, 1.54) is 25.7 Å². The molecule has 0 radical (unpaired) electrons. The second-order valence-electron chi connectivity index (χ2n) is 9.21. The molecule has 2 fully saturated rings. The van der Waals surface area contributed by atoms with Crippen molar-refractivity contribution in [3.8, 4) is 0 Å². The third-order valence-electron chi connectivity index (χ3n) is 8.26. The van der Waals surface area contributed by atoms with E-state index in [0.29, 0.717) is 23.9 Å². The van der Waals surface area contributed by atoms with Crippen LogP contribution in [0.15, 0.2) is 11.1 Å². The molecule has 0 aromatic carbocycles. The summed E-state index contributed by atoms with van der Waals surface area (Å²) in [6.07, 6.45) is 8.84. The monoisotopic (exact) mass is 338 g/mol. The van der Waals surface area contributed by atoms with Crippen LogP contribution in [-0.2, 0) is 0 Å². The fourth-order valence-corrected chi connectivity index (χ4v) is 7.34. The van der Waals surface area contributed by atoms with Crippen LogP contribution >= 0.6 is 11.6 Å². The van der Waals surface area contributed by atoms with Crippen LogP contribution in [0.1, 0.15) is 65.2 Å². The van der Waals surface area contributed by atoms with Crippen molar-refractivity contribution in [1.29, 1.82) is 0 Å². The van der Waals surface area contributed by atoms with E-state index in [1.807, 2.05) is 0 Å². The number of hydrogen-bond acceptors (Lipinski definition) is 2. The molecular formula is C20H31ClO2. The molecule has 0 aliphatic heterocycles. The van der Waals surface area contributed by atoms with Crippen molar-refractivity contribution >= 4 is 11.6 Å². The number of alkyl halides is 1. The molecule has 0 aromatic rings. The van der Waals surface area contributed by atoms with Crippen LogP contribution in [0, 0.1) is 28.6 Å². The predicted molar refractivity (Wildman–Crippen MR) is 93.4 cm³/mol. The number of halogens is 1. The first-order chi connectivity index (χ1) is 10.9. The van der Waals surface area contributed by atoms with Gasteiger partial charge in [-0.05, 0) is 74.5 Å². The molecule has 3 heteroatoms. The van der Waals surface area contributed by atoms with Gasteiger partial charge in [0.1, 0.15) is 0 Å². The van der Waals surface area contributed by atoms with Gasteiger partial charge in [0.25, 0.3) is 0 Å². The minimum atomic E-state index is -0.311. The molecule has 0 spiro atoms. The molecule has 7 atom stereocenters. The molecule has 2 N–H and O–H groups in total. The van der Waals surface area contributed by atoms with E-state index in [-0.39, 0.29) is 16.9 Å². The molecule has 4 aliphatic rings. The summed E-state index contributed by atoms with van der Waals surface area (Å²) in [5, 5.41) is 20.0. The second kappa shape index (κ2) is 5.47. The Balaban J connectivity index is 1.67. The first-order valence-electron chi connectivity index (χ1n) is 9.56. The molecule has 130 valence electrons. The van der Waals surface area contributed by atoms with Gasteiger partial charge in [-0.15, -0.1) is 11.6 Å². The zero-order valence-electron chi connectivity index (χ0n) is 14.5. The number of aliphatic hydroxyl groups excluding tert-OH is 2. The smallest absolute Gasteiger partial charge is 0.0706 e. The highest BCUT2D eigenvalue weighted by atomic mass is 35.5. The summed E-state index contributed by atoms with van der Waals surface area (Å²) in [6.45, 7) is 5.02. The van der Waals surface area contributed by atoms with Crippen LogP contribution in [0.3, 0.4) is 0 Å². The highest BCUT2D eigenvalue weighted by molar-refractivity contribution is 6.21. The summed E-state index contributed by atoms with van der Waals surface area (Å²) < 4.78 is 0. The van der Waals surface area contributed by atoms with Gasteiger partial charge in [-0.3, -0.25) is 0 Å². The zero-order valence-corrected chi connectivity index (χ0v) is 15.3. The van der Waals surface area contributed by atoms with Crippen LogP contribution in [0.25, 0.3) is 0 Å². The van der Waals surface area contributed by atoms with E-state index in [9.17, 15) is 10.2 Å². The summed E-state index contributed by atoms with van der Waals surface area (Å²) in [5.41, 5.74) is 3.65. The van der Waals surface area contributed by atoms with E-state index in [1.54, 1.807) is 11.1 Å². The topological polar surface area (TPSA) is 40.5 Å². The quantitative estimate of drug-likeness (QED) is 0.553. The average molecular weight is 339 g/mol. The van der Waals surface area contributed by atoms with Gasteiger partial charge >= 0.3 is 0 Å². The van der Waals surface area contributed by atoms with Crippen molar-refractivity contribution < 1.29 is 10.2 Å². The normalized spacial score (nSPS) is 52.8. The first-order valence-corrected chi connectivity index (χ1v) is 10.00. The second-order valence-corrected chi connectivity index (χ2v) is 9.72. The summed E-state index contributed by atoms with van der Waals surface area (Å²) in [7, 11) is 0. The van der Waals surface area contributed by atoms with Gasteiger partial charge in [0.15, 0.2) is 0 Å². The maximum atomic E-state index is 10.2. The van der Waals surface area contributed by atoms with E-state index in [0.717, 1.165) is 31.6 Å². The van der Waals surface area contributed by atoms with Gasteiger partial charge in [-0.1, -0.05) is 25.0 Å². The summed E-state index contributed by atoms with van der Waals surface area (Å²) >= 11 is 6.65. The summed E-state index contributed by atoms with van der Waals surface area (Å²) in [6, 6.07) is 0. The van der Waals surface area contributed by atoms with Crippen molar-refractivity contribution in [2.45, 2.75) is 76.7 Å². The molecule has 0 heterocycles. The van der Waals surface area contributed by atoms with Crippen LogP contribution in [0.5, 0.6) is 0 Å². The maximum Gasteiger partial charge on any atom is 0.0706 e. The third-order valence-corrected chi connectivity index (χ3v) is 8.86. The summed E-state index contributed by atoms with van der Waals surface area (Å²) in [4.78, 5) is 0. The standard InChI is InChI=1S/C20H31ClO2/c1-19(11-22)9-7-13-12-3-4-16-18(21)17(23)8-10-20(16,2)15(12)6-5-14(13)19/h12,15-18,22-23H,3-11H2,1-2H3/t12-,15-,16+,17+,18?,19+,20+/m0/s1. The summed E-state index contributed by atoms with van der Waals surface area (Å²) in [5.74, 6) is 1.92. The van der Waals surface area contributed by atoms with Crippen molar-refractivity contribution in [2.24, 2.45) is 28.6 Å². The largest absolute Gasteiger partial charge is 0.395 e. The fraction of sp³-hybridized carbons (Fsp3) is 0.900. The molecule has 0 saturated heterocycles. The van der Waals surface area contributed by atoms with Crippen molar-refractivity contribution in [1.82, 2.24) is 0 Å². The number of hydrogen-bond donors (Lipinski definition) is 2. The minimum absolute atomic E-state index is 0.0514. The first kappa shape index (κ1) is 16.4. The van der Waals surface area contributed by atoms with E-state index in [4.69, 9.17) is 11.6 Å². The zero-order chi connectivity index (χ0) is 16.4. The number of rotatable bonds is 1. The van der Waals surface area contributed by atoms with Gasteiger partial charge in [-0.2, -0.15) is 0 Å². The fourth-order valence-electron chi connectivity index (χ4n) is 6.80. The van der Waals surface area contributed by atoms with Crippen LogP contribution in [0.4, 0.5) is 0 Å². The molecule has 23 heavy (non-hydrogen) atoms. The van der Waals surface area contributed by atoms with Gasteiger partial charge in [0.2, 0.25) is 0 Å². The van der Waals surface area contributed by atoms with Crippen LogP contribution < -0.4 is 0 Å². The van der Waals surface area contributed by atoms with E-state index in [2.05, 4.69) is 13.8 Å². The van der Waals surface area contributed by atoms with Gasteiger partial charge in [-0.25, -0.2) is 0 Å². The average Bonchev–Trinajstić information content (AvgIpc) is 2.90. The number of allylic oxidation sites excluding steroid dienone is 1. The highest BCUT2D eigenvalue weighted by Gasteiger charge is 2.56. The molecule has 4 aliphatic carbocycles. The molecule has 4 rings (SSSR count). The van der Waals surface area contributed by atoms with Crippen LogP contribution in [0.2, 0.25) is 0 Å². The molecule has 0 bridgehead atoms. The van der Waals surface area contributed by atoms with Gasteiger partial charge < -0.3 is 10.2 Å². The van der Waals surface area contributed by atoms with Crippen molar-refractivity contribution in [3.63, 3.8) is 0 Å². The minimum Gasteiger partial charge on any atom is -0.395 e. The molecule has 1 unspecified atom stereocenters. The van der Waals surface area contributed by atoms with E-state index >= 15 is 0 Å². The molecule has 2 nitrogen and oxygen atoms in total. The Labute approximate surface area is 145 Å². The van der Waals surface area contributed by atoms with E-state index < -0.39 is 0 Å². The Morgan fingerprint density at radius 2 is 1.83 bits per heavy atom. The molecule has 0 aromatic heterocycles. The molecule has 0 amide bonds. The Bertz CT molecular complexity index is 530. The maximum absolute atomic E-state index is 10.2. The lowest BCUT2D eigenvalue weighted by Crippen LogP contribution is -2.54. The van der Waals surface area contributed by atoms with Crippen molar-refractivity contribution in [2.75, 3.05) is 6.61 Å². The highest BCUT2D eigenvalue weighted by Crippen LogP contribution is 2.64. The van der Waals surface area contributed by atoms with Crippen molar-refractivity contribution in [3.05, 3.63) is 11.1 Å². The number of aliphatic hydroxyl groups is 2. The van der Waals surface area contributed by atoms with Crippen LogP contribution in [-0.4, -0.2) is 28.3 Å². The third kappa shape index (κ3) is 2.20. The van der Waals surface area contributed by atoms with Gasteiger partial charge in [0.05, 0.1) is 18.1 Å². The molecular weight excluding hydrogens is 308 g/mol. The predicted octanol–water partition coefficient (Wildman–Crippen LogP) is 4.28. The Hall–Kier alpha value is -0.0500. The number of fused-ring (bicyclic) bond motifs is 4. The molecule has 2 saturated carbocycles. The Morgan fingerprint density at radius 3 is 2.57 bits per heavy atom. The Morgan fingerprint density at radius 1 is 1.04 bits per heavy atom. The lowest BCUT2D eigenvalue weighted by atomic mass is 9.48. The lowest BCUT2D eigenvalue weighted by molar-refractivity contribution is -0.0663. The van der Waals surface area contributed by atoms with Gasteiger partial charge in [0, 0.05) is 5.41 Å².